The van der Waals surface area contributed by atoms with Crippen LogP contribution in [0, 0.1) is 6.92 Å². The zero-order chi connectivity index (χ0) is 12.5. The second-order valence-corrected chi connectivity index (χ2v) is 5.58. The van der Waals surface area contributed by atoms with Crippen molar-refractivity contribution < 1.29 is 8.78 Å². The van der Waals surface area contributed by atoms with Crippen molar-refractivity contribution >= 4 is 15.9 Å². The average Bonchev–Trinajstić information content (AvgIpc) is 2.25. The van der Waals surface area contributed by atoms with Crippen LogP contribution < -0.4 is 0 Å². The maximum absolute atomic E-state index is 13.0. The van der Waals surface area contributed by atoms with Gasteiger partial charge in [0.05, 0.1) is 0 Å². The molecule has 0 aromatic heterocycles. The number of aryl methyl sites for hydroxylation is 1. The Labute approximate surface area is 109 Å². The minimum absolute atomic E-state index is 0.0174. The molecule has 17 heavy (non-hydrogen) atoms. The molecule has 0 aliphatic carbocycles. The molecule has 0 radical (unpaired) electrons. The Morgan fingerprint density at radius 2 is 1.94 bits per heavy atom. The highest BCUT2D eigenvalue weighted by molar-refractivity contribution is 9.10. The SMILES string of the molecule is Cc1ccc(CN2CCC(F)(F)CC2)c(Br)c1. The van der Waals surface area contributed by atoms with Gasteiger partial charge in [-0.3, -0.25) is 4.90 Å². The van der Waals surface area contributed by atoms with E-state index in [9.17, 15) is 8.78 Å². The highest BCUT2D eigenvalue weighted by atomic mass is 79.9. The summed E-state index contributed by atoms with van der Waals surface area (Å²) in [6.45, 7) is 3.74. The summed E-state index contributed by atoms with van der Waals surface area (Å²) >= 11 is 3.52. The Kier molecular flexibility index (Phi) is 3.83. The van der Waals surface area contributed by atoms with Crippen molar-refractivity contribution in [3.8, 4) is 0 Å². The molecule has 0 amide bonds. The molecule has 1 aromatic carbocycles. The number of benzene rings is 1. The van der Waals surface area contributed by atoms with Crippen molar-refractivity contribution in [2.45, 2.75) is 32.2 Å². The molecule has 0 spiro atoms. The van der Waals surface area contributed by atoms with E-state index in [0.29, 0.717) is 13.1 Å². The number of rotatable bonds is 2. The smallest absolute Gasteiger partial charge is 0.250 e. The van der Waals surface area contributed by atoms with Crippen molar-refractivity contribution in [1.29, 1.82) is 0 Å². The third-order valence-electron chi connectivity index (χ3n) is 3.19. The predicted molar refractivity (Wildman–Crippen MR) is 68.3 cm³/mol. The lowest BCUT2D eigenvalue weighted by Crippen LogP contribution is -2.38. The van der Waals surface area contributed by atoms with E-state index in [-0.39, 0.29) is 12.8 Å². The van der Waals surface area contributed by atoms with Gasteiger partial charge < -0.3 is 0 Å². The number of hydrogen-bond acceptors (Lipinski definition) is 1. The van der Waals surface area contributed by atoms with E-state index >= 15 is 0 Å². The number of hydrogen-bond donors (Lipinski definition) is 0. The summed E-state index contributed by atoms with van der Waals surface area (Å²) in [5, 5.41) is 0. The minimum Gasteiger partial charge on any atom is -0.299 e. The van der Waals surface area contributed by atoms with Crippen LogP contribution in [0.2, 0.25) is 0 Å². The topological polar surface area (TPSA) is 3.24 Å². The highest BCUT2D eigenvalue weighted by Crippen LogP contribution is 2.29. The summed E-state index contributed by atoms with van der Waals surface area (Å²) in [4.78, 5) is 2.09. The van der Waals surface area contributed by atoms with Gasteiger partial charge in [0.2, 0.25) is 0 Å². The van der Waals surface area contributed by atoms with Crippen LogP contribution in [0.15, 0.2) is 22.7 Å². The van der Waals surface area contributed by atoms with Crippen molar-refractivity contribution in [1.82, 2.24) is 4.90 Å². The van der Waals surface area contributed by atoms with Crippen LogP contribution >= 0.6 is 15.9 Å². The molecule has 1 nitrogen and oxygen atoms in total. The van der Waals surface area contributed by atoms with Gasteiger partial charge in [0.15, 0.2) is 0 Å². The molecule has 1 aliphatic rings. The van der Waals surface area contributed by atoms with E-state index in [1.54, 1.807) is 0 Å². The number of likely N-dealkylation sites (tertiary alicyclic amines) is 1. The second kappa shape index (κ2) is 5.02. The summed E-state index contributed by atoms with van der Waals surface area (Å²) in [5.41, 5.74) is 2.37. The Balaban J connectivity index is 1.98. The first-order chi connectivity index (χ1) is 7.96. The van der Waals surface area contributed by atoms with Crippen molar-refractivity contribution in [2.24, 2.45) is 0 Å². The van der Waals surface area contributed by atoms with E-state index in [2.05, 4.69) is 39.0 Å². The lowest BCUT2D eigenvalue weighted by atomic mass is 10.1. The molecule has 1 aliphatic heterocycles. The van der Waals surface area contributed by atoms with E-state index < -0.39 is 5.92 Å². The normalized spacial score (nSPS) is 20.5. The molecular formula is C13H16BrF2N. The van der Waals surface area contributed by atoms with Crippen molar-refractivity contribution in [3.05, 3.63) is 33.8 Å². The van der Waals surface area contributed by atoms with Crippen molar-refractivity contribution in [2.75, 3.05) is 13.1 Å². The quantitative estimate of drug-likeness (QED) is 0.798. The fourth-order valence-electron chi connectivity index (χ4n) is 2.06. The number of piperidine rings is 1. The summed E-state index contributed by atoms with van der Waals surface area (Å²) in [7, 11) is 0. The Morgan fingerprint density at radius 1 is 1.29 bits per heavy atom. The molecule has 1 aromatic rings. The van der Waals surface area contributed by atoms with Gasteiger partial charge >= 0.3 is 0 Å². The molecule has 0 N–H and O–H groups in total. The third-order valence-corrected chi connectivity index (χ3v) is 3.93. The van der Waals surface area contributed by atoms with E-state index in [0.717, 1.165) is 11.0 Å². The van der Waals surface area contributed by atoms with Crippen LogP contribution in [-0.2, 0) is 6.54 Å². The monoisotopic (exact) mass is 303 g/mol. The summed E-state index contributed by atoms with van der Waals surface area (Å²) in [5.74, 6) is -2.46. The summed E-state index contributed by atoms with van der Waals surface area (Å²) in [6.07, 6.45) is -0.0348. The molecular weight excluding hydrogens is 288 g/mol. The van der Waals surface area contributed by atoms with Gasteiger partial charge in [0.1, 0.15) is 0 Å². The average molecular weight is 304 g/mol. The van der Waals surface area contributed by atoms with Gasteiger partial charge in [-0.25, -0.2) is 8.78 Å². The lowest BCUT2D eigenvalue weighted by Gasteiger charge is -2.31. The molecule has 0 bridgehead atoms. The molecule has 0 atom stereocenters. The van der Waals surface area contributed by atoms with Crippen LogP contribution in [0.25, 0.3) is 0 Å². The first-order valence-electron chi connectivity index (χ1n) is 5.81. The fourth-order valence-corrected chi connectivity index (χ4v) is 2.68. The zero-order valence-electron chi connectivity index (χ0n) is 9.85. The van der Waals surface area contributed by atoms with E-state index in [1.807, 2.05) is 6.92 Å². The van der Waals surface area contributed by atoms with Gasteiger partial charge in [0, 0.05) is 36.9 Å². The Bertz CT molecular complexity index is 396. The van der Waals surface area contributed by atoms with Crippen LogP contribution in [0.5, 0.6) is 0 Å². The Hall–Kier alpha value is -0.480. The van der Waals surface area contributed by atoms with Crippen LogP contribution in [-0.4, -0.2) is 23.9 Å². The molecule has 1 heterocycles. The van der Waals surface area contributed by atoms with Crippen LogP contribution in [0.4, 0.5) is 8.78 Å². The standard InChI is InChI=1S/C13H16BrF2N/c1-10-2-3-11(12(14)8-10)9-17-6-4-13(15,16)5-7-17/h2-3,8H,4-7,9H2,1H3. The molecule has 0 unspecified atom stereocenters. The largest absolute Gasteiger partial charge is 0.299 e. The number of alkyl halides is 2. The predicted octanol–water partition coefficient (Wildman–Crippen LogP) is 3.99. The fraction of sp³-hybridized carbons (Fsp3) is 0.538. The Morgan fingerprint density at radius 3 is 2.53 bits per heavy atom. The zero-order valence-corrected chi connectivity index (χ0v) is 11.4. The molecule has 4 heteroatoms. The van der Waals surface area contributed by atoms with E-state index in [4.69, 9.17) is 0 Å². The first kappa shape index (κ1) is 13.0. The first-order valence-corrected chi connectivity index (χ1v) is 6.61. The molecule has 0 saturated carbocycles. The second-order valence-electron chi connectivity index (χ2n) is 4.73. The number of halogens is 3. The maximum atomic E-state index is 13.0. The molecule has 94 valence electrons. The minimum atomic E-state index is -2.46. The lowest BCUT2D eigenvalue weighted by molar-refractivity contribution is -0.0566. The van der Waals surface area contributed by atoms with Crippen molar-refractivity contribution in [3.63, 3.8) is 0 Å². The van der Waals surface area contributed by atoms with Crippen LogP contribution in [0.1, 0.15) is 24.0 Å². The third kappa shape index (κ3) is 3.49. The van der Waals surface area contributed by atoms with Gasteiger partial charge in [-0.2, -0.15) is 0 Å². The van der Waals surface area contributed by atoms with E-state index in [1.165, 1.54) is 11.1 Å². The van der Waals surface area contributed by atoms with Crippen LogP contribution in [0.3, 0.4) is 0 Å². The summed E-state index contributed by atoms with van der Waals surface area (Å²) in [6, 6.07) is 6.18. The molecule has 1 fully saturated rings. The van der Waals surface area contributed by atoms with Gasteiger partial charge in [-0.05, 0) is 24.1 Å². The van der Waals surface area contributed by atoms with Gasteiger partial charge in [0.25, 0.3) is 5.92 Å². The molecule has 2 rings (SSSR count). The number of nitrogens with zero attached hydrogens (tertiary/aromatic N) is 1. The van der Waals surface area contributed by atoms with Gasteiger partial charge in [-0.1, -0.05) is 28.1 Å². The molecule has 1 saturated heterocycles. The highest BCUT2D eigenvalue weighted by Gasteiger charge is 2.33. The summed E-state index contributed by atoms with van der Waals surface area (Å²) < 4.78 is 27.1. The van der Waals surface area contributed by atoms with Gasteiger partial charge in [-0.15, -0.1) is 0 Å². The maximum Gasteiger partial charge on any atom is 0.250 e.